The van der Waals surface area contributed by atoms with Crippen LogP contribution in [0.5, 0.6) is 5.88 Å². The molecule has 1 aromatic heterocycles. The minimum Gasteiger partial charge on any atom is -0.467 e. The molecule has 2 aromatic carbocycles. The number of amides is 1. The molecule has 0 saturated carbocycles. The normalized spacial score (nSPS) is 10.5. The third-order valence-electron chi connectivity index (χ3n) is 3.07. The first kappa shape index (κ1) is 14.8. The summed E-state index contributed by atoms with van der Waals surface area (Å²) < 4.78 is 32.3. The van der Waals surface area contributed by atoms with Crippen molar-refractivity contribution in [2.45, 2.75) is 0 Å². The first-order valence-corrected chi connectivity index (χ1v) is 6.71. The molecule has 5 nitrogen and oxygen atoms in total. The quantitative estimate of drug-likeness (QED) is 0.804. The fourth-order valence-electron chi connectivity index (χ4n) is 2.02. The molecule has 0 radical (unpaired) electrons. The summed E-state index contributed by atoms with van der Waals surface area (Å²) in [5, 5.41) is 2.78. The van der Waals surface area contributed by atoms with Gasteiger partial charge in [0.1, 0.15) is 23.6 Å². The second-order valence-electron chi connectivity index (χ2n) is 4.63. The van der Waals surface area contributed by atoms with Crippen molar-refractivity contribution < 1.29 is 18.3 Å². The molecule has 0 aliphatic rings. The van der Waals surface area contributed by atoms with E-state index in [2.05, 4.69) is 15.3 Å². The first-order valence-electron chi connectivity index (χ1n) is 6.71. The van der Waals surface area contributed by atoms with Crippen LogP contribution in [0, 0.1) is 11.6 Å². The lowest BCUT2D eigenvalue weighted by Crippen LogP contribution is -2.22. The summed E-state index contributed by atoms with van der Waals surface area (Å²) in [7, 11) is 0. The Bertz CT molecular complexity index is 845. The van der Waals surface area contributed by atoms with Gasteiger partial charge >= 0.3 is 0 Å². The molecule has 1 N–H and O–H groups in total. The van der Waals surface area contributed by atoms with E-state index in [9.17, 15) is 13.6 Å². The molecular weight excluding hydrogens is 304 g/mol. The minimum absolute atomic E-state index is 0.222. The fourth-order valence-corrected chi connectivity index (χ4v) is 2.02. The number of carbonyl (C=O) groups excluding carboxylic acids is 1. The summed E-state index contributed by atoms with van der Waals surface area (Å²) in [6.07, 6.45) is 1.31. The average molecular weight is 315 g/mol. The van der Waals surface area contributed by atoms with Crippen molar-refractivity contribution in [2.75, 3.05) is 11.9 Å². The zero-order valence-electron chi connectivity index (χ0n) is 11.8. The van der Waals surface area contributed by atoms with Gasteiger partial charge in [0.15, 0.2) is 6.61 Å². The number of ether oxygens (including phenoxy) is 1. The molecule has 1 amide bonds. The molecule has 0 aliphatic heterocycles. The van der Waals surface area contributed by atoms with Crippen LogP contribution in [0.1, 0.15) is 0 Å². The Kier molecular flexibility index (Phi) is 4.09. The number of carbonyl (C=O) groups is 1. The van der Waals surface area contributed by atoms with Gasteiger partial charge in [-0.25, -0.2) is 18.7 Å². The highest BCUT2D eigenvalue weighted by Crippen LogP contribution is 2.21. The summed E-state index contributed by atoms with van der Waals surface area (Å²) in [6.45, 7) is -0.436. The Morgan fingerprint density at radius 2 is 1.78 bits per heavy atom. The highest BCUT2D eigenvalue weighted by molar-refractivity contribution is 5.92. The van der Waals surface area contributed by atoms with E-state index in [4.69, 9.17) is 4.74 Å². The van der Waals surface area contributed by atoms with Crippen LogP contribution in [0.15, 0.2) is 48.8 Å². The average Bonchev–Trinajstić information content (AvgIpc) is 2.56. The minimum atomic E-state index is -0.856. The third-order valence-corrected chi connectivity index (χ3v) is 3.07. The maximum absolute atomic E-state index is 13.5. The van der Waals surface area contributed by atoms with E-state index in [0.29, 0.717) is 10.9 Å². The molecule has 0 spiro atoms. The van der Waals surface area contributed by atoms with Gasteiger partial charge in [-0.2, -0.15) is 0 Å². The third kappa shape index (κ3) is 3.23. The number of anilines is 1. The molecule has 7 heteroatoms. The van der Waals surface area contributed by atoms with E-state index < -0.39 is 29.8 Å². The molecule has 0 bridgehead atoms. The lowest BCUT2D eigenvalue weighted by molar-refractivity contribution is -0.118. The maximum atomic E-state index is 13.5. The van der Waals surface area contributed by atoms with Gasteiger partial charge in [-0.3, -0.25) is 4.79 Å². The number of para-hydroxylation sites is 2. The number of benzene rings is 2. The van der Waals surface area contributed by atoms with Crippen molar-refractivity contribution in [3.63, 3.8) is 0 Å². The highest BCUT2D eigenvalue weighted by Gasteiger charge is 2.13. The fraction of sp³-hybridized carbons (Fsp3) is 0.0625. The first-order chi connectivity index (χ1) is 11.1. The van der Waals surface area contributed by atoms with Gasteiger partial charge in [-0.15, -0.1) is 0 Å². The number of rotatable bonds is 4. The Hall–Kier alpha value is -3.09. The van der Waals surface area contributed by atoms with E-state index in [1.54, 1.807) is 18.2 Å². The maximum Gasteiger partial charge on any atom is 0.262 e. The number of nitrogens with zero attached hydrogens (tertiary/aromatic N) is 2. The summed E-state index contributed by atoms with van der Waals surface area (Å²) in [4.78, 5) is 19.8. The van der Waals surface area contributed by atoms with Gasteiger partial charge in [0.05, 0.1) is 10.9 Å². The molecule has 0 unspecified atom stereocenters. The van der Waals surface area contributed by atoms with Crippen molar-refractivity contribution in [3.05, 3.63) is 60.4 Å². The van der Waals surface area contributed by atoms with Crippen LogP contribution in [0.3, 0.4) is 0 Å². The van der Waals surface area contributed by atoms with Gasteiger partial charge in [0.25, 0.3) is 5.91 Å². The zero-order chi connectivity index (χ0) is 16.2. The Balaban J connectivity index is 1.71. The van der Waals surface area contributed by atoms with E-state index >= 15 is 0 Å². The molecule has 0 saturated heterocycles. The number of halogens is 2. The van der Waals surface area contributed by atoms with Gasteiger partial charge in [-0.1, -0.05) is 18.2 Å². The van der Waals surface area contributed by atoms with E-state index in [1.807, 2.05) is 6.07 Å². The van der Waals surface area contributed by atoms with Crippen LogP contribution in [0.4, 0.5) is 14.5 Å². The predicted molar refractivity (Wildman–Crippen MR) is 80.0 cm³/mol. The number of hydrogen-bond acceptors (Lipinski definition) is 4. The van der Waals surface area contributed by atoms with E-state index in [-0.39, 0.29) is 5.88 Å². The molecule has 3 aromatic rings. The standard InChI is InChI=1S/C16H11F2N3O2/c17-11-5-3-6-12(18)15(11)21-14(22)8-23-16-10-4-1-2-7-13(10)19-9-20-16/h1-7,9H,8H2,(H,21,22). The molecule has 1 heterocycles. The zero-order valence-corrected chi connectivity index (χ0v) is 11.8. The molecule has 23 heavy (non-hydrogen) atoms. The van der Waals surface area contributed by atoms with E-state index in [1.165, 1.54) is 12.4 Å². The van der Waals surface area contributed by atoms with Gasteiger partial charge in [-0.05, 0) is 24.3 Å². The Labute approximate surface area is 129 Å². The van der Waals surface area contributed by atoms with Gasteiger partial charge < -0.3 is 10.1 Å². The highest BCUT2D eigenvalue weighted by atomic mass is 19.1. The topological polar surface area (TPSA) is 64.1 Å². The van der Waals surface area contributed by atoms with Crippen LogP contribution < -0.4 is 10.1 Å². The lowest BCUT2D eigenvalue weighted by Gasteiger charge is -2.09. The molecular formula is C16H11F2N3O2. The lowest BCUT2D eigenvalue weighted by atomic mass is 10.2. The molecule has 116 valence electrons. The van der Waals surface area contributed by atoms with Crippen molar-refractivity contribution in [2.24, 2.45) is 0 Å². The second-order valence-corrected chi connectivity index (χ2v) is 4.63. The van der Waals surface area contributed by atoms with Gasteiger partial charge in [0.2, 0.25) is 5.88 Å². The molecule has 0 fully saturated rings. The van der Waals surface area contributed by atoms with Crippen LogP contribution in [0.2, 0.25) is 0 Å². The second kappa shape index (κ2) is 6.35. The van der Waals surface area contributed by atoms with Crippen molar-refractivity contribution in [1.82, 2.24) is 9.97 Å². The monoisotopic (exact) mass is 315 g/mol. The molecule has 0 atom stereocenters. The smallest absolute Gasteiger partial charge is 0.262 e. The summed E-state index contributed by atoms with van der Waals surface area (Å²) in [5.74, 6) is -2.19. The summed E-state index contributed by atoms with van der Waals surface area (Å²) in [6, 6.07) is 10.4. The summed E-state index contributed by atoms with van der Waals surface area (Å²) in [5.41, 5.74) is 0.159. The SMILES string of the molecule is O=C(COc1ncnc2ccccc12)Nc1c(F)cccc1F. The Morgan fingerprint density at radius 1 is 1.04 bits per heavy atom. The number of nitrogens with one attached hydrogen (secondary N) is 1. The van der Waals surface area contributed by atoms with Crippen molar-refractivity contribution >= 4 is 22.5 Å². The largest absolute Gasteiger partial charge is 0.467 e. The van der Waals surface area contributed by atoms with Crippen LogP contribution in [-0.4, -0.2) is 22.5 Å². The van der Waals surface area contributed by atoms with Crippen molar-refractivity contribution in [3.8, 4) is 5.88 Å². The number of aromatic nitrogens is 2. The van der Waals surface area contributed by atoms with Crippen LogP contribution in [0.25, 0.3) is 10.9 Å². The number of hydrogen-bond donors (Lipinski definition) is 1. The van der Waals surface area contributed by atoms with Gasteiger partial charge in [0, 0.05) is 0 Å². The van der Waals surface area contributed by atoms with Crippen molar-refractivity contribution in [1.29, 1.82) is 0 Å². The molecule has 0 aliphatic carbocycles. The molecule has 3 rings (SSSR count). The number of fused-ring (bicyclic) bond motifs is 1. The Morgan fingerprint density at radius 3 is 2.57 bits per heavy atom. The van der Waals surface area contributed by atoms with Crippen LogP contribution in [-0.2, 0) is 4.79 Å². The summed E-state index contributed by atoms with van der Waals surface area (Å²) >= 11 is 0. The van der Waals surface area contributed by atoms with Crippen LogP contribution >= 0.6 is 0 Å². The van der Waals surface area contributed by atoms with E-state index in [0.717, 1.165) is 12.1 Å². The predicted octanol–water partition coefficient (Wildman–Crippen LogP) is 2.93.